The number of nitrogens with zero attached hydrogens (tertiary/aromatic N) is 2. The number of amides is 3. The van der Waals surface area contributed by atoms with Crippen LogP contribution in [0.4, 0.5) is 10.5 Å². The van der Waals surface area contributed by atoms with Crippen LogP contribution in [0.15, 0.2) is 54.7 Å². The number of urea groups is 1. The lowest BCUT2D eigenvalue weighted by Gasteiger charge is -2.18. The molecule has 10 heteroatoms. The second-order valence-corrected chi connectivity index (χ2v) is 9.41. The van der Waals surface area contributed by atoms with Crippen molar-refractivity contribution in [2.24, 2.45) is 0 Å². The van der Waals surface area contributed by atoms with Crippen molar-refractivity contribution in [1.29, 1.82) is 0 Å². The fraction of sp³-hybridized carbons (Fsp3) is 0.321. The summed E-state index contributed by atoms with van der Waals surface area (Å²) in [5, 5.41) is 8.80. The highest BCUT2D eigenvalue weighted by molar-refractivity contribution is 6.31. The molecule has 0 unspecified atom stereocenters. The molecule has 0 radical (unpaired) electrons. The number of ether oxygens (including phenoxy) is 2. The number of aromatic nitrogens is 1. The van der Waals surface area contributed by atoms with Gasteiger partial charge in [-0.25, -0.2) is 4.79 Å². The highest BCUT2D eigenvalue weighted by Crippen LogP contribution is 2.31. The van der Waals surface area contributed by atoms with Gasteiger partial charge in [-0.05, 0) is 74.3 Å². The number of hydrogen-bond donors (Lipinski definition) is 3. The molecule has 2 aromatic carbocycles. The van der Waals surface area contributed by atoms with Crippen LogP contribution in [0.3, 0.4) is 0 Å². The van der Waals surface area contributed by atoms with Crippen LogP contribution in [0.1, 0.15) is 34.5 Å². The molecule has 1 aliphatic heterocycles. The third kappa shape index (κ3) is 7.60. The van der Waals surface area contributed by atoms with Gasteiger partial charge in [-0.1, -0.05) is 23.7 Å². The van der Waals surface area contributed by atoms with Gasteiger partial charge in [-0.15, -0.1) is 0 Å². The Hall–Kier alpha value is -3.82. The van der Waals surface area contributed by atoms with E-state index in [1.165, 1.54) is 19.0 Å². The zero-order valence-corrected chi connectivity index (χ0v) is 22.3. The van der Waals surface area contributed by atoms with Crippen molar-refractivity contribution < 1.29 is 19.1 Å². The fourth-order valence-corrected chi connectivity index (χ4v) is 4.21. The number of hydrogen-bond acceptors (Lipinski definition) is 6. The predicted molar refractivity (Wildman–Crippen MR) is 147 cm³/mol. The molecule has 38 heavy (non-hydrogen) atoms. The number of anilines is 1. The summed E-state index contributed by atoms with van der Waals surface area (Å²) in [5.41, 5.74) is 2.56. The molecule has 0 atom stereocenters. The molecule has 0 bridgehead atoms. The normalized spacial score (nSPS) is 13.1. The summed E-state index contributed by atoms with van der Waals surface area (Å²) in [4.78, 5) is 30.8. The summed E-state index contributed by atoms with van der Waals surface area (Å²) in [6.07, 6.45) is 3.98. The van der Waals surface area contributed by atoms with Gasteiger partial charge in [0.15, 0.2) is 0 Å². The predicted octanol–water partition coefficient (Wildman–Crippen LogP) is 4.99. The molecule has 3 amide bonds. The van der Waals surface area contributed by atoms with Gasteiger partial charge in [0, 0.05) is 37.4 Å². The molecule has 1 fully saturated rings. The average molecular weight is 538 g/mol. The molecule has 3 aromatic rings. The molecule has 0 spiro atoms. The van der Waals surface area contributed by atoms with E-state index in [2.05, 4.69) is 25.8 Å². The Labute approximate surface area is 227 Å². The average Bonchev–Trinajstić information content (AvgIpc) is 3.44. The number of pyridine rings is 1. The Morgan fingerprint density at radius 2 is 1.82 bits per heavy atom. The Bertz CT molecular complexity index is 1260. The summed E-state index contributed by atoms with van der Waals surface area (Å²) in [6.45, 7) is 5.81. The molecule has 200 valence electrons. The number of halogens is 1. The molecule has 1 aromatic heterocycles. The minimum Gasteiger partial charge on any atom is -0.490 e. The Morgan fingerprint density at radius 1 is 1.05 bits per heavy atom. The Balaban J connectivity index is 1.30. The number of aryl methyl sites for hydroxylation is 1. The Kier molecular flexibility index (Phi) is 9.40. The first kappa shape index (κ1) is 27.2. The largest absolute Gasteiger partial charge is 0.490 e. The number of nitrogens with one attached hydrogen (secondary N) is 3. The number of carbonyl (C=O) groups is 2. The van der Waals surface area contributed by atoms with Gasteiger partial charge in [0.05, 0.1) is 5.69 Å². The maximum absolute atomic E-state index is 12.6. The standard InChI is InChI=1S/C28H32ClN5O4/c1-19-15-26(37-14-13-34-11-3-4-12-34)24(17-23(19)29)33-28(36)32-18-20-5-7-21(8-6-20)38-22-9-10-31-25(16-22)27(35)30-2/h5-10,15-17H,3-4,11-14,18H2,1-2H3,(H,30,35)(H2,32,33,36). The van der Waals surface area contributed by atoms with Gasteiger partial charge < -0.3 is 25.4 Å². The second kappa shape index (κ2) is 13.1. The van der Waals surface area contributed by atoms with Gasteiger partial charge in [0.25, 0.3) is 5.91 Å². The van der Waals surface area contributed by atoms with Crippen molar-refractivity contribution in [2.75, 3.05) is 38.6 Å². The number of likely N-dealkylation sites (tertiary alicyclic amines) is 1. The zero-order chi connectivity index (χ0) is 26.9. The van der Waals surface area contributed by atoms with Crippen LogP contribution in [0, 0.1) is 6.92 Å². The monoisotopic (exact) mass is 537 g/mol. The lowest BCUT2D eigenvalue weighted by atomic mass is 10.2. The molecule has 1 aliphatic rings. The molecule has 0 aliphatic carbocycles. The van der Waals surface area contributed by atoms with Gasteiger partial charge in [-0.3, -0.25) is 14.7 Å². The molecule has 4 rings (SSSR count). The number of carbonyl (C=O) groups excluding carboxylic acids is 2. The van der Waals surface area contributed by atoms with Crippen LogP contribution >= 0.6 is 11.6 Å². The molecular formula is C28H32ClN5O4. The van der Waals surface area contributed by atoms with Crippen molar-refractivity contribution in [2.45, 2.75) is 26.3 Å². The summed E-state index contributed by atoms with van der Waals surface area (Å²) < 4.78 is 11.8. The van der Waals surface area contributed by atoms with Crippen LogP contribution in [0.5, 0.6) is 17.2 Å². The number of rotatable bonds is 10. The van der Waals surface area contributed by atoms with Gasteiger partial charge >= 0.3 is 6.03 Å². The molecule has 1 saturated heterocycles. The van der Waals surface area contributed by atoms with Gasteiger partial charge in [0.2, 0.25) is 0 Å². The maximum Gasteiger partial charge on any atom is 0.319 e. The second-order valence-electron chi connectivity index (χ2n) is 9.00. The molecular weight excluding hydrogens is 506 g/mol. The minimum atomic E-state index is -0.367. The molecule has 0 saturated carbocycles. The zero-order valence-electron chi connectivity index (χ0n) is 21.6. The van der Waals surface area contributed by atoms with E-state index >= 15 is 0 Å². The fourth-order valence-electron chi connectivity index (χ4n) is 4.05. The summed E-state index contributed by atoms with van der Waals surface area (Å²) >= 11 is 6.31. The van der Waals surface area contributed by atoms with Crippen molar-refractivity contribution in [1.82, 2.24) is 20.5 Å². The first-order valence-corrected chi connectivity index (χ1v) is 12.9. The SMILES string of the molecule is CNC(=O)c1cc(Oc2ccc(CNC(=O)Nc3cc(Cl)c(C)cc3OCCN3CCCC3)cc2)ccn1. The summed E-state index contributed by atoms with van der Waals surface area (Å²) in [7, 11) is 1.55. The van der Waals surface area contributed by atoms with Crippen LogP contribution in [-0.4, -0.2) is 55.1 Å². The first-order valence-electron chi connectivity index (χ1n) is 12.6. The van der Waals surface area contributed by atoms with Gasteiger partial charge in [0.1, 0.15) is 29.5 Å². The lowest BCUT2D eigenvalue weighted by Crippen LogP contribution is -2.29. The highest BCUT2D eigenvalue weighted by atomic mass is 35.5. The molecule has 2 heterocycles. The third-order valence-corrected chi connectivity index (χ3v) is 6.58. The first-order chi connectivity index (χ1) is 18.4. The van der Waals surface area contributed by atoms with Crippen molar-refractivity contribution in [3.8, 4) is 17.2 Å². The third-order valence-electron chi connectivity index (χ3n) is 6.18. The van der Waals surface area contributed by atoms with Crippen LogP contribution in [0.25, 0.3) is 0 Å². The van der Waals surface area contributed by atoms with Crippen molar-refractivity contribution in [3.05, 3.63) is 76.6 Å². The smallest absolute Gasteiger partial charge is 0.319 e. The van der Waals surface area contributed by atoms with E-state index in [4.69, 9.17) is 21.1 Å². The summed E-state index contributed by atoms with van der Waals surface area (Å²) in [5.74, 6) is 1.40. The van der Waals surface area contributed by atoms with E-state index in [0.717, 1.165) is 30.8 Å². The topological polar surface area (TPSA) is 105 Å². The van der Waals surface area contributed by atoms with E-state index in [-0.39, 0.29) is 17.6 Å². The highest BCUT2D eigenvalue weighted by Gasteiger charge is 2.14. The van der Waals surface area contributed by atoms with E-state index in [0.29, 0.717) is 41.1 Å². The number of benzene rings is 2. The van der Waals surface area contributed by atoms with Gasteiger partial charge in [-0.2, -0.15) is 0 Å². The van der Waals surface area contributed by atoms with Crippen molar-refractivity contribution >= 4 is 29.2 Å². The van der Waals surface area contributed by atoms with Crippen LogP contribution < -0.4 is 25.4 Å². The maximum atomic E-state index is 12.6. The Morgan fingerprint density at radius 3 is 2.55 bits per heavy atom. The van der Waals surface area contributed by atoms with Crippen molar-refractivity contribution in [3.63, 3.8) is 0 Å². The molecule has 3 N–H and O–H groups in total. The van der Waals surface area contributed by atoms with E-state index < -0.39 is 0 Å². The van der Waals surface area contributed by atoms with Crippen LogP contribution in [0.2, 0.25) is 5.02 Å². The van der Waals surface area contributed by atoms with Crippen LogP contribution in [-0.2, 0) is 6.54 Å². The minimum absolute atomic E-state index is 0.270. The quantitative estimate of drug-likeness (QED) is 0.336. The summed E-state index contributed by atoms with van der Waals surface area (Å²) in [6, 6.07) is 13.7. The lowest BCUT2D eigenvalue weighted by molar-refractivity contribution is 0.0957. The van der Waals surface area contributed by atoms with E-state index in [1.807, 2.05) is 25.1 Å². The molecule has 9 nitrogen and oxygen atoms in total. The van der Waals surface area contributed by atoms with E-state index in [9.17, 15) is 9.59 Å². The van der Waals surface area contributed by atoms with E-state index in [1.54, 1.807) is 37.4 Å².